The number of fused-ring (bicyclic) bond motifs is 12. The minimum atomic E-state index is -0.235. The third kappa shape index (κ3) is 9.25. The van der Waals surface area contributed by atoms with Gasteiger partial charge in [-0.25, -0.2) is 0 Å². The minimum absolute atomic E-state index is 0.00644. The molecule has 30 heteroatoms. The van der Waals surface area contributed by atoms with Crippen molar-refractivity contribution in [2.75, 3.05) is 61.8 Å². The molecule has 0 spiro atoms. The third-order valence-electron chi connectivity index (χ3n) is 7.13. The second-order valence-corrected chi connectivity index (χ2v) is 11.1. The van der Waals surface area contributed by atoms with Gasteiger partial charge < -0.3 is 31.3 Å². The Labute approximate surface area is 317 Å². The van der Waals surface area contributed by atoms with Crippen molar-refractivity contribution in [2.45, 2.75) is 26.4 Å². The number of hydrogen-bond donors (Lipinski definition) is 11. The molecule has 30 nitrogen and oxygen atoms in total. The summed E-state index contributed by atoms with van der Waals surface area (Å²) in [5, 5.41) is 14.5. The van der Waals surface area contributed by atoms with E-state index < -0.39 is 0 Å². The number of aromatic nitrogens is 24. The summed E-state index contributed by atoms with van der Waals surface area (Å²) in [4.78, 5) is 97.5. The normalized spacial score (nSPS) is 11.4. The molecule has 11 N–H and O–H groups in total. The first-order valence-corrected chi connectivity index (χ1v) is 16.9. The number of nitrogens with one attached hydrogen (secondary N) is 11. The van der Waals surface area contributed by atoms with Gasteiger partial charge in [0.1, 0.15) is 0 Å². The van der Waals surface area contributed by atoms with E-state index in [1.165, 1.54) is 0 Å². The largest absolute Gasteiger partial charge is 0.460 e. The summed E-state index contributed by atoms with van der Waals surface area (Å²) in [5.74, 6) is 1.38. The molecule has 7 rings (SSSR count). The molecule has 0 aromatic carbocycles. The number of rotatable bonds is 8. The van der Waals surface area contributed by atoms with E-state index in [2.05, 4.69) is 146 Å². The molecule has 0 aliphatic heterocycles. The minimum Gasteiger partial charge on any atom is -0.460 e. The molecule has 0 aliphatic carbocycles. The van der Waals surface area contributed by atoms with Crippen molar-refractivity contribution in [2.24, 2.45) is 0 Å². The zero-order valence-electron chi connectivity index (χ0n) is 31.2. The summed E-state index contributed by atoms with van der Waals surface area (Å²) in [5.41, 5.74) is 0. The van der Waals surface area contributed by atoms with Crippen molar-refractivity contribution < 1.29 is 4.74 Å². The lowest BCUT2D eigenvalue weighted by Crippen LogP contribution is -2.12. The fourth-order valence-corrected chi connectivity index (χ4v) is 4.38. The van der Waals surface area contributed by atoms with Crippen molar-refractivity contribution in [1.82, 2.24) is 120 Å². The first-order chi connectivity index (χ1) is 27.7. The predicted molar refractivity (Wildman–Crippen MR) is 205 cm³/mol. The van der Waals surface area contributed by atoms with Crippen LogP contribution in [0.15, 0.2) is 0 Å². The molecule has 57 heavy (non-hydrogen) atoms. The fourth-order valence-electron chi connectivity index (χ4n) is 4.38. The molecule has 7 aromatic rings. The van der Waals surface area contributed by atoms with Gasteiger partial charge >= 0.3 is 6.01 Å². The van der Waals surface area contributed by atoms with Gasteiger partial charge in [-0.1, -0.05) is 6.92 Å². The van der Waals surface area contributed by atoms with Gasteiger partial charge in [-0.15, -0.1) is 0 Å². The van der Waals surface area contributed by atoms with Crippen LogP contribution in [0.2, 0.25) is 0 Å². The van der Waals surface area contributed by atoms with Gasteiger partial charge in [-0.2, -0.15) is 89.7 Å². The summed E-state index contributed by atoms with van der Waals surface area (Å²) < 4.78 is 5.96. The molecule has 0 amide bonds. The van der Waals surface area contributed by atoms with E-state index >= 15 is 0 Å². The maximum Gasteiger partial charge on any atom is 0.323 e. The third-order valence-corrected chi connectivity index (χ3v) is 7.13. The Morgan fingerprint density at radius 3 is 0.719 bits per heavy atom. The quantitative estimate of drug-likeness (QED) is 0.0975. The highest BCUT2D eigenvalue weighted by Crippen LogP contribution is 2.10. The Bertz CT molecular complexity index is 2680. The molecule has 0 fully saturated rings. The van der Waals surface area contributed by atoms with E-state index in [0.29, 0.717) is 6.42 Å². The van der Waals surface area contributed by atoms with Gasteiger partial charge in [0, 0.05) is 35.2 Å². The van der Waals surface area contributed by atoms with Crippen LogP contribution >= 0.6 is 0 Å². The van der Waals surface area contributed by atoms with Crippen molar-refractivity contribution in [3.8, 4) is 6.01 Å². The summed E-state index contributed by atoms with van der Waals surface area (Å²) in [6.45, 7) is 3.84. The highest BCUT2D eigenvalue weighted by atomic mass is 16.5. The summed E-state index contributed by atoms with van der Waals surface area (Å²) >= 11 is 0. The molecule has 1 atom stereocenters. The smallest absolute Gasteiger partial charge is 0.323 e. The van der Waals surface area contributed by atoms with Gasteiger partial charge in [-0.3, -0.25) is 29.9 Å². The molecule has 0 saturated carbocycles. The average molecular weight is 782 g/mol. The van der Waals surface area contributed by atoms with E-state index in [1.54, 1.807) is 35.2 Å². The topological polar surface area (TPSA) is 396 Å². The van der Waals surface area contributed by atoms with Crippen LogP contribution in [0.3, 0.4) is 0 Å². The number of aromatic amines is 6. The van der Waals surface area contributed by atoms with Crippen molar-refractivity contribution >= 4 is 99.1 Å². The zero-order valence-corrected chi connectivity index (χ0v) is 31.2. The fraction of sp³-hybridized carbons (Fsp3) is 0.333. The monoisotopic (exact) mass is 781 g/mol. The summed E-state index contributed by atoms with van der Waals surface area (Å²) in [6, 6.07) is -0.00644. The maximum atomic E-state index is 5.96. The second kappa shape index (κ2) is 16.4. The van der Waals surface area contributed by atoms with Crippen LogP contribution in [0.4, 0.5) is 29.7 Å². The lowest BCUT2D eigenvalue weighted by Gasteiger charge is -2.09. The van der Waals surface area contributed by atoms with Gasteiger partial charge in [0.15, 0.2) is 0 Å². The van der Waals surface area contributed by atoms with E-state index in [4.69, 9.17) is 4.74 Å². The number of hydrogen-bond acceptors (Lipinski definition) is 24. The lowest BCUT2D eigenvalue weighted by atomic mass is 10.3. The predicted octanol–water partition coefficient (Wildman–Crippen LogP) is 0.130. The van der Waals surface area contributed by atoms with Gasteiger partial charge in [0.25, 0.3) is 0 Å². The number of H-pyrrole nitrogens is 6. The number of anilines is 5. The maximum absolute atomic E-state index is 5.96. The zero-order chi connectivity index (χ0) is 39.9. The van der Waals surface area contributed by atoms with Gasteiger partial charge in [0.05, 0.1) is 6.10 Å². The molecule has 7 aromatic heterocycles. The average Bonchev–Trinajstić information content (AvgIpc) is 3.19. The van der Waals surface area contributed by atoms with Crippen LogP contribution in [0.1, 0.15) is 20.3 Å². The van der Waals surface area contributed by atoms with Crippen LogP contribution in [0.5, 0.6) is 6.01 Å². The Morgan fingerprint density at radius 1 is 0.351 bits per heavy atom. The molecule has 7 heterocycles. The van der Waals surface area contributed by atoms with E-state index in [1.807, 2.05) is 13.8 Å². The molecule has 1 unspecified atom stereocenters. The number of nitrogens with zero attached hydrogens (tertiary/aromatic N) is 18. The van der Waals surface area contributed by atoms with Crippen LogP contribution in [-0.4, -0.2) is 161 Å². The van der Waals surface area contributed by atoms with Crippen LogP contribution in [0, 0.1) is 0 Å². The Morgan fingerprint density at radius 2 is 0.544 bits per heavy atom. The molecule has 0 aliphatic rings. The SMILES string of the molecule is CCC(C)Oc1nc2nc(n1)[nH]c1nc(NC)nc(n1)[nH]c1nc(NC)nc(n1)[nH]c1nc(NC)nc(n1)[nH]c1nc(NC)nc(n1)[nH]c1nc(NC)nc(n1)[nH]2. The van der Waals surface area contributed by atoms with E-state index in [-0.39, 0.29) is 111 Å². The molecule has 0 radical (unpaired) electrons. The van der Waals surface area contributed by atoms with Crippen molar-refractivity contribution in [3.05, 3.63) is 0 Å². The Kier molecular flexibility index (Phi) is 10.6. The van der Waals surface area contributed by atoms with Crippen molar-refractivity contribution in [3.63, 3.8) is 0 Å². The molecular formula is C27H35N29O. The van der Waals surface area contributed by atoms with Gasteiger partial charge in [0.2, 0.25) is 99.1 Å². The first kappa shape index (κ1) is 37.0. The Hall–Kier alpha value is -8.34. The highest BCUT2D eigenvalue weighted by Gasteiger charge is 2.09. The molecule has 0 saturated heterocycles. The van der Waals surface area contributed by atoms with Gasteiger partial charge in [-0.05, 0) is 13.3 Å². The van der Waals surface area contributed by atoms with Crippen LogP contribution in [-0.2, 0) is 0 Å². The second-order valence-electron chi connectivity index (χ2n) is 11.1. The van der Waals surface area contributed by atoms with Crippen molar-refractivity contribution in [1.29, 1.82) is 0 Å². The summed E-state index contributed by atoms with van der Waals surface area (Å²) in [6.07, 6.45) is 0.445. The Balaban J connectivity index is 1.62. The van der Waals surface area contributed by atoms with E-state index in [0.717, 1.165) is 0 Å². The highest BCUT2D eigenvalue weighted by molar-refractivity contribution is 5.54. The molecular weight excluding hydrogens is 746 g/mol. The van der Waals surface area contributed by atoms with E-state index in [9.17, 15) is 0 Å². The standard InChI is InChI=1S/C27H35N29O/c1-8-9(2)57-27-55-25-52-23-41-13(31-6)39-21(50-23)48-19-37-11(29-4)35-17(46-19)44-15-33-10(28-3)34-16(43-15)45-18-36-12(30-5)38-20(47-18)49-22-40-14(32-7)42-24(51-22)53-26(54-25)56-27/h9H,8H2,1-7H3,(H11,28,29,30,31,32,33,34,35,36,37,38,39,40,41,42,43,44,45,46,47,48,49,50,51,52,53,54,55,56). The lowest BCUT2D eigenvalue weighted by molar-refractivity contribution is 0.200. The van der Waals surface area contributed by atoms with Crippen LogP contribution < -0.4 is 31.3 Å². The molecule has 294 valence electrons. The first-order valence-electron chi connectivity index (χ1n) is 16.9. The van der Waals surface area contributed by atoms with Crippen LogP contribution in [0.25, 0.3) is 69.3 Å². The molecule has 12 bridgehead atoms. The number of ether oxygens (including phenoxy) is 1. The summed E-state index contributed by atoms with van der Waals surface area (Å²) in [7, 11) is 8.21.